The van der Waals surface area contributed by atoms with Gasteiger partial charge >= 0.3 is 0 Å². The molecular weight excluding hydrogens is 384 g/mol. The maximum atomic E-state index is 11.1. The Morgan fingerprint density at radius 3 is 2.46 bits per heavy atom. The van der Waals surface area contributed by atoms with Gasteiger partial charge in [-0.2, -0.15) is 8.42 Å². The second kappa shape index (κ2) is 10.6. The molecule has 8 nitrogen and oxygen atoms in total. The number of hydrogen-bond donors (Lipinski definition) is 1. The zero-order valence-corrected chi connectivity index (χ0v) is 15.6. The third-order valence-electron chi connectivity index (χ3n) is 3.53. The Hall–Kier alpha value is -3.46. The van der Waals surface area contributed by atoms with Crippen LogP contribution in [0.25, 0.3) is 10.9 Å². The highest BCUT2D eigenvalue weighted by atomic mass is 32.2. The molecule has 0 bridgehead atoms. The summed E-state index contributed by atoms with van der Waals surface area (Å²) in [5.74, 6) is 0.697. The summed E-state index contributed by atoms with van der Waals surface area (Å²) in [7, 11) is -2.10. The zero-order chi connectivity index (χ0) is 20.4. The fourth-order valence-electron chi connectivity index (χ4n) is 2.22. The molecule has 0 saturated heterocycles. The van der Waals surface area contributed by atoms with Gasteiger partial charge in [-0.3, -0.25) is 14.9 Å². The molecule has 28 heavy (non-hydrogen) atoms. The third kappa shape index (κ3) is 7.04. The molecule has 0 aliphatic carbocycles. The highest BCUT2D eigenvalue weighted by Gasteiger charge is 1.99. The summed E-state index contributed by atoms with van der Waals surface area (Å²) in [6, 6.07) is 16.5. The van der Waals surface area contributed by atoms with Gasteiger partial charge in [0, 0.05) is 34.5 Å². The summed E-state index contributed by atoms with van der Waals surface area (Å²) in [5.41, 5.74) is 0.759. The van der Waals surface area contributed by atoms with Crippen LogP contribution in [0, 0.1) is 10.1 Å². The second-order valence-electron chi connectivity index (χ2n) is 5.58. The van der Waals surface area contributed by atoms with Crippen LogP contribution >= 0.6 is 0 Å². The van der Waals surface area contributed by atoms with Crippen molar-refractivity contribution >= 4 is 32.3 Å². The maximum Gasteiger partial charge on any atom is 0.269 e. The number of nitrogens with zero attached hydrogens (tertiary/aromatic N) is 1. The smallest absolute Gasteiger partial charge is 0.269 e. The molecule has 0 atom stereocenters. The van der Waals surface area contributed by atoms with Gasteiger partial charge in [0.1, 0.15) is 5.75 Å². The van der Waals surface area contributed by atoms with Crippen molar-refractivity contribution in [2.24, 2.45) is 0 Å². The van der Waals surface area contributed by atoms with Crippen LogP contribution in [0.15, 0.2) is 65.5 Å². The number of nitro groups is 1. The number of H-pyrrole nitrogens is 1. The lowest BCUT2D eigenvalue weighted by molar-refractivity contribution is -0.384. The first-order valence-electron chi connectivity index (χ1n) is 8.32. The Morgan fingerprint density at radius 2 is 1.82 bits per heavy atom. The van der Waals surface area contributed by atoms with Crippen LogP contribution in [0.5, 0.6) is 5.75 Å². The first kappa shape index (κ1) is 20.8. The number of aromatic nitrogens is 1. The van der Waals surface area contributed by atoms with E-state index in [1.165, 1.54) is 23.6 Å². The third-order valence-corrected chi connectivity index (χ3v) is 4.04. The van der Waals surface area contributed by atoms with Gasteiger partial charge in [0.25, 0.3) is 5.69 Å². The molecule has 0 radical (unpaired) electrons. The minimum absolute atomic E-state index is 0.137. The lowest BCUT2D eigenvalue weighted by Crippen LogP contribution is -2.02. The zero-order valence-electron chi connectivity index (χ0n) is 14.8. The number of hydrogen-bond acceptors (Lipinski definition) is 6. The van der Waals surface area contributed by atoms with E-state index in [0.29, 0.717) is 25.2 Å². The Kier molecular flexibility index (Phi) is 7.92. The Labute approximate surface area is 162 Å². The number of para-hydroxylation sites is 1. The number of nitrogens with one attached hydrogen (secondary N) is 1. The van der Waals surface area contributed by atoms with Crippen molar-refractivity contribution in [3.05, 3.63) is 81.1 Å². The average molecular weight is 402 g/mol. The Bertz CT molecular complexity index is 1120. The molecule has 0 saturated carbocycles. The van der Waals surface area contributed by atoms with E-state index in [1.807, 2.05) is 6.07 Å². The van der Waals surface area contributed by atoms with Crippen molar-refractivity contribution in [1.29, 1.82) is 0 Å². The number of fused-ring (bicyclic) bond motifs is 1. The van der Waals surface area contributed by atoms with E-state index in [0.717, 1.165) is 10.9 Å². The van der Waals surface area contributed by atoms with Gasteiger partial charge < -0.3 is 9.72 Å². The van der Waals surface area contributed by atoms with Gasteiger partial charge in [-0.05, 0) is 37.1 Å². The van der Waals surface area contributed by atoms with Crippen LogP contribution in [-0.4, -0.2) is 30.3 Å². The SMILES string of the molecule is O=[N+]([O-])c1ccccc1.O=c1ccc2cc(OCCCC=S(=O)=O)ccc2[nH]1. The molecule has 0 spiro atoms. The van der Waals surface area contributed by atoms with Crippen LogP contribution < -0.4 is 10.3 Å². The molecule has 3 aromatic rings. The fourth-order valence-corrected chi connectivity index (χ4v) is 2.58. The Morgan fingerprint density at radius 1 is 1.07 bits per heavy atom. The van der Waals surface area contributed by atoms with Gasteiger partial charge in [0.2, 0.25) is 15.9 Å². The standard InChI is InChI=1S/C13H13NO4S.C6H5NO2/c15-13-6-3-10-9-11(4-5-12(10)14-13)18-7-1-2-8-19(16)17;8-7(9)6-4-2-1-3-5-6/h3-6,8-9H,1-2,7H2,(H,14,15);1-5H. The van der Waals surface area contributed by atoms with Crippen LogP contribution in [0.2, 0.25) is 0 Å². The van der Waals surface area contributed by atoms with E-state index in [-0.39, 0.29) is 11.2 Å². The predicted octanol–water partition coefficient (Wildman–Crippen LogP) is 2.96. The number of non-ortho nitro benzene ring substituents is 1. The quantitative estimate of drug-likeness (QED) is 0.293. The molecule has 1 heterocycles. The van der Waals surface area contributed by atoms with Crippen molar-refractivity contribution in [1.82, 2.24) is 4.98 Å². The molecule has 3 rings (SSSR count). The van der Waals surface area contributed by atoms with Gasteiger partial charge in [-0.1, -0.05) is 18.2 Å². The van der Waals surface area contributed by atoms with Crippen LogP contribution in [-0.2, 0) is 10.3 Å². The van der Waals surface area contributed by atoms with Gasteiger partial charge in [-0.15, -0.1) is 0 Å². The highest BCUT2D eigenvalue weighted by Crippen LogP contribution is 2.18. The lowest BCUT2D eigenvalue weighted by atomic mass is 10.2. The van der Waals surface area contributed by atoms with E-state index in [1.54, 1.807) is 36.4 Å². The molecule has 0 amide bonds. The molecule has 146 valence electrons. The fraction of sp³-hybridized carbons (Fsp3) is 0.158. The molecule has 1 N–H and O–H groups in total. The van der Waals surface area contributed by atoms with Crippen molar-refractivity contribution in [2.75, 3.05) is 6.61 Å². The van der Waals surface area contributed by atoms with Crippen molar-refractivity contribution in [3.63, 3.8) is 0 Å². The van der Waals surface area contributed by atoms with E-state index in [2.05, 4.69) is 4.98 Å². The van der Waals surface area contributed by atoms with E-state index >= 15 is 0 Å². The van der Waals surface area contributed by atoms with Crippen molar-refractivity contribution in [2.45, 2.75) is 12.8 Å². The van der Waals surface area contributed by atoms with E-state index in [4.69, 9.17) is 4.74 Å². The van der Waals surface area contributed by atoms with E-state index in [9.17, 15) is 23.3 Å². The molecule has 0 aliphatic heterocycles. The monoisotopic (exact) mass is 402 g/mol. The summed E-state index contributed by atoms with van der Waals surface area (Å²) < 4.78 is 26.1. The largest absolute Gasteiger partial charge is 0.494 e. The normalized spacial score (nSPS) is 9.86. The summed E-state index contributed by atoms with van der Waals surface area (Å²) >= 11 is 0. The summed E-state index contributed by atoms with van der Waals surface area (Å²) in [4.78, 5) is 23.4. The topological polar surface area (TPSA) is 119 Å². The molecule has 0 unspecified atom stereocenters. The van der Waals surface area contributed by atoms with Crippen molar-refractivity contribution < 1.29 is 18.1 Å². The first-order valence-corrected chi connectivity index (χ1v) is 9.46. The summed E-state index contributed by atoms with van der Waals surface area (Å²) in [6.07, 6.45) is 1.11. The minimum atomic E-state index is -2.10. The molecular formula is C19H18N2O6S. The number of ether oxygens (including phenoxy) is 1. The lowest BCUT2D eigenvalue weighted by Gasteiger charge is -2.06. The number of benzene rings is 2. The first-order chi connectivity index (χ1) is 13.5. The molecule has 2 aromatic carbocycles. The highest BCUT2D eigenvalue weighted by molar-refractivity contribution is 7.71. The van der Waals surface area contributed by atoms with Gasteiger partial charge in [0.05, 0.1) is 11.5 Å². The number of unbranched alkanes of at least 4 members (excludes halogenated alkanes) is 1. The summed E-state index contributed by atoms with van der Waals surface area (Å²) in [5, 5.41) is 12.1. The van der Waals surface area contributed by atoms with Crippen molar-refractivity contribution in [3.8, 4) is 5.75 Å². The van der Waals surface area contributed by atoms with Gasteiger partial charge in [-0.25, -0.2) is 0 Å². The second-order valence-corrected chi connectivity index (χ2v) is 6.44. The van der Waals surface area contributed by atoms with Gasteiger partial charge in [0.15, 0.2) is 0 Å². The number of nitro benzene ring substituents is 1. The van der Waals surface area contributed by atoms with Crippen LogP contribution in [0.4, 0.5) is 5.69 Å². The minimum Gasteiger partial charge on any atom is -0.494 e. The molecule has 1 aromatic heterocycles. The van der Waals surface area contributed by atoms with E-state index < -0.39 is 15.2 Å². The van der Waals surface area contributed by atoms with Crippen LogP contribution in [0.1, 0.15) is 12.8 Å². The molecule has 0 fully saturated rings. The Balaban J connectivity index is 0.000000261. The maximum absolute atomic E-state index is 11.1. The summed E-state index contributed by atoms with van der Waals surface area (Å²) in [6.45, 7) is 0.447. The molecule has 0 aliphatic rings. The van der Waals surface area contributed by atoms with Crippen LogP contribution in [0.3, 0.4) is 0 Å². The molecule has 9 heteroatoms. The average Bonchev–Trinajstić information content (AvgIpc) is 2.68. The number of aromatic amines is 1. The number of rotatable bonds is 6. The predicted molar refractivity (Wildman–Crippen MR) is 107 cm³/mol. The number of pyridine rings is 1.